The van der Waals surface area contributed by atoms with Crippen LogP contribution in [0.25, 0.3) is 0 Å². The lowest BCUT2D eigenvalue weighted by Crippen LogP contribution is -2.46. The molecule has 0 aliphatic carbocycles. The quantitative estimate of drug-likeness (QED) is 0.595. The third-order valence-electron chi connectivity index (χ3n) is 1.99. The molecule has 2 heterocycles. The second-order valence-corrected chi connectivity index (χ2v) is 4.14. The Morgan fingerprint density at radius 3 is 2.50 bits per heavy atom. The van der Waals surface area contributed by atoms with Gasteiger partial charge in [0.05, 0.1) is 5.94 Å². The van der Waals surface area contributed by atoms with E-state index in [1.807, 2.05) is 7.06 Å². The largest absolute Gasteiger partial charge is 0.418 e. The molecule has 2 aliphatic heterocycles. The van der Waals surface area contributed by atoms with Crippen LogP contribution in [0.2, 0.25) is 0 Å². The van der Waals surface area contributed by atoms with Crippen molar-refractivity contribution in [3.8, 4) is 0 Å². The van der Waals surface area contributed by atoms with E-state index in [9.17, 15) is 0 Å². The summed E-state index contributed by atoms with van der Waals surface area (Å²) in [4.78, 5) is 0. The lowest BCUT2D eigenvalue weighted by molar-refractivity contribution is 0.147. The molecular weight excluding hydrogens is 201 g/mol. The topological polar surface area (TPSA) is 36.9 Å². The van der Waals surface area contributed by atoms with Gasteiger partial charge in [0, 0.05) is 25.6 Å². The summed E-state index contributed by atoms with van der Waals surface area (Å²) in [5.41, 5.74) is 0. The molecule has 0 atom stereocenters. The van der Waals surface area contributed by atoms with Gasteiger partial charge in [0.2, 0.25) is 7.06 Å². The zero-order valence-electron chi connectivity index (χ0n) is 8.02. The molecule has 2 saturated heterocycles. The molecule has 2 rings (SSSR count). The van der Waals surface area contributed by atoms with E-state index in [0.29, 0.717) is 5.94 Å². The van der Waals surface area contributed by atoms with Crippen molar-refractivity contribution in [1.29, 1.82) is 0 Å². The smallest absolute Gasteiger partial charge is 0.396 e. The molecule has 0 saturated carbocycles. The molecule has 75 valence electrons. The van der Waals surface area contributed by atoms with Crippen LogP contribution in [0.4, 0.5) is 0 Å². The van der Waals surface area contributed by atoms with Crippen LogP contribution in [0.15, 0.2) is 0 Å². The summed E-state index contributed by atoms with van der Waals surface area (Å²) in [6.45, 7) is 2.23. The molecule has 0 bridgehead atoms. The molecule has 8 heteroatoms. The first-order valence-electron chi connectivity index (χ1n) is 4.84. The summed E-state index contributed by atoms with van der Waals surface area (Å²) in [6, 6.07) is 0. The van der Waals surface area contributed by atoms with Gasteiger partial charge in [-0.25, -0.2) is 0 Å². The van der Waals surface area contributed by atoms with Crippen molar-refractivity contribution < 1.29 is 18.6 Å². The van der Waals surface area contributed by atoms with E-state index >= 15 is 0 Å². The van der Waals surface area contributed by atoms with Crippen molar-refractivity contribution in [3.63, 3.8) is 0 Å². The highest BCUT2D eigenvalue weighted by atomic mass is 32.2. The second-order valence-electron chi connectivity index (χ2n) is 3.09. The Labute approximate surface area is 89.9 Å². The first-order valence-corrected chi connectivity index (χ1v) is 6.00. The monoisotopic (exact) mass is 213 g/mol. The lowest BCUT2D eigenvalue weighted by atomic mass is 9.23. The minimum absolute atomic E-state index is 0.267. The van der Waals surface area contributed by atoms with Crippen LogP contribution in [-0.2, 0) is 18.6 Å². The van der Waals surface area contributed by atoms with Crippen LogP contribution in [0.3, 0.4) is 0 Å². The van der Waals surface area contributed by atoms with Crippen molar-refractivity contribution in [3.05, 3.63) is 0 Å². The fraction of sp³-hybridized carbons (Fsp3) is 1.00. The van der Waals surface area contributed by atoms with Gasteiger partial charge in [0.25, 0.3) is 0 Å². The number of hydrogen-bond donors (Lipinski definition) is 0. The van der Waals surface area contributed by atoms with Crippen LogP contribution in [0.5, 0.6) is 0 Å². The summed E-state index contributed by atoms with van der Waals surface area (Å²) >= 11 is 1.73. The fourth-order valence-corrected chi connectivity index (χ4v) is 1.86. The summed E-state index contributed by atoms with van der Waals surface area (Å²) in [6.07, 6.45) is 0.965. The van der Waals surface area contributed by atoms with Crippen molar-refractivity contribution in [2.24, 2.45) is 0 Å². The first kappa shape index (κ1) is 10.9. The van der Waals surface area contributed by atoms with E-state index in [0.717, 1.165) is 32.0 Å². The van der Waals surface area contributed by atoms with Gasteiger partial charge in [-0.2, -0.15) is 0 Å². The molecule has 0 unspecified atom stereocenters. The third-order valence-corrected chi connectivity index (χ3v) is 2.75. The highest BCUT2D eigenvalue weighted by molar-refractivity contribution is 7.99. The van der Waals surface area contributed by atoms with Gasteiger partial charge in [0.15, 0.2) is 0 Å². The van der Waals surface area contributed by atoms with Gasteiger partial charge in [-0.1, -0.05) is 0 Å². The average molecular weight is 213 g/mol. The summed E-state index contributed by atoms with van der Waals surface area (Å²) in [5, 5.41) is 0. The Bertz CT molecular complexity index is 161. The van der Waals surface area contributed by atoms with Crippen molar-refractivity contribution in [2.75, 3.05) is 31.5 Å². The fourth-order valence-electron chi connectivity index (χ4n) is 1.30. The number of rotatable bonds is 2. The second kappa shape index (κ2) is 6.07. The van der Waals surface area contributed by atoms with Gasteiger partial charge < -0.3 is 18.6 Å². The minimum Gasteiger partial charge on any atom is -0.418 e. The molecule has 4 nitrogen and oxygen atoms in total. The highest BCUT2D eigenvalue weighted by Crippen LogP contribution is 2.09. The normalized spacial score (nSPS) is 24.6. The molecule has 0 N–H and O–H groups in total. The van der Waals surface area contributed by atoms with E-state index < -0.39 is 0 Å². The predicted molar refractivity (Wildman–Crippen MR) is 58.1 cm³/mol. The minimum atomic E-state index is -0.284. The zero-order valence-corrected chi connectivity index (χ0v) is 8.83. The van der Waals surface area contributed by atoms with Gasteiger partial charge in [-0.3, -0.25) is 0 Å². The van der Waals surface area contributed by atoms with Crippen molar-refractivity contribution in [2.45, 2.75) is 6.42 Å². The van der Waals surface area contributed by atoms with Gasteiger partial charge in [0.1, 0.15) is 0 Å². The molecule has 0 aromatic rings. The molecule has 2 aliphatic rings. The average Bonchev–Trinajstić information content (AvgIpc) is 2.48. The molecule has 14 heavy (non-hydrogen) atoms. The first-order chi connectivity index (χ1) is 6.95. The Morgan fingerprint density at radius 1 is 0.929 bits per heavy atom. The van der Waals surface area contributed by atoms with Crippen molar-refractivity contribution in [1.82, 2.24) is 0 Å². The molecule has 2 fully saturated rings. The third kappa shape index (κ3) is 3.51. The van der Waals surface area contributed by atoms with Gasteiger partial charge in [-0.15, -0.1) is 11.8 Å². The summed E-state index contributed by atoms with van der Waals surface area (Å²) in [5.74, 6) is 1.66. The van der Waals surface area contributed by atoms with E-state index in [-0.39, 0.29) is 14.0 Å². The molecule has 0 aromatic heterocycles. The standard InChI is InChI=1S/C6H12B3O4S/c1-2-10-8(11-3-1)7-9-12-4-5-14-6-13-9/h1-6H2. The Morgan fingerprint density at radius 2 is 1.64 bits per heavy atom. The van der Waals surface area contributed by atoms with Gasteiger partial charge in [-0.05, 0) is 6.42 Å². The number of hydrogen-bond acceptors (Lipinski definition) is 5. The van der Waals surface area contributed by atoms with E-state index in [1.54, 1.807) is 11.8 Å². The molecule has 0 aromatic carbocycles. The molecule has 1 radical (unpaired) electrons. The maximum absolute atomic E-state index is 5.45. The van der Waals surface area contributed by atoms with E-state index in [4.69, 9.17) is 18.6 Å². The van der Waals surface area contributed by atoms with Crippen LogP contribution in [0, 0.1) is 0 Å². The number of thioether (sulfide) groups is 1. The summed E-state index contributed by atoms with van der Waals surface area (Å²) < 4.78 is 21.6. The van der Waals surface area contributed by atoms with Crippen LogP contribution >= 0.6 is 11.8 Å². The Hall–Kier alpha value is 0.385. The molecular formula is C6H12B3O4S. The summed E-state index contributed by atoms with van der Waals surface area (Å²) in [7, 11) is 1.29. The highest BCUT2D eigenvalue weighted by Gasteiger charge is 2.32. The zero-order chi connectivity index (χ0) is 9.64. The maximum atomic E-state index is 5.45. The van der Waals surface area contributed by atoms with Crippen LogP contribution in [0.1, 0.15) is 6.42 Å². The predicted octanol–water partition coefficient (Wildman–Crippen LogP) is -0.165. The van der Waals surface area contributed by atoms with Gasteiger partial charge >= 0.3 is 14.0 Å². The SMILES string of the molecule is [B](B1OCCCO1)B1OCCSCO1. The Kier molecular flexibility index (Phi) is 4.72. The van der Waals surface area contributed by atoms with Crippen LogP contribution in [-0.4, -0.2) is 52.6 Å². The molecule has 0 spiro atoms. The molecule has 0 amide bonds. The maximum Gasteiger partial charge on any atom is 0.396 e. The van der Waals surface area contributed by atoms with E-state index in [1.165, 1.54) is 0 Å². The van der Waals surface area contributed by atoms with Crippen LogP contribution < -0.4 is 0 Å². The lowest BCUT2D eigenvalue weighted by Gasteiger charge is -2.21. The Balaban J connectivity index is 1.71. The van der Waals surface area contributed by atoms with E-state index in [2.05, 4.69) is 0 Å². The van der Waals surface area contributed by atoms with Crippen molar-refractivity contribution >= 4 is 32.8 Å².